The van der Waals surface area contributed by atoms with Crippen molar-refractivity contribution in [2.75, 3.05) is 28.3 Å². The monoisotopic (exact) mass is 490 g/mol. The zero-order valence-corrected chi connectivity index (χ0v) is 20.3. The van der Waals surface area contributed by atoms with Crippen molar-refractivity contribution in [1.29, 1.82) is 0 Å². The van der Waals surface area contributed by atoms with Crippen molar-refractivity contribution in [3.63, 3.8) is 0 Å². The van der Waals surface area contributed by atoms with E-state index in [0.717, 1.165) is 20.9 Å². The van der Waals surface area contributed by atoms with E-state index in [9.17, 15) is 19.2 Å². The molecule has 4 saturated heterocycles. The summed E-state index contributed by atoms with van der Waals surface area (Å²) in [5.41, 5.74) is 1.54. The number of rotatable bonds is 4. The third-order valence-electron chi connectivity index (χ3n) is 8.08. The van der Waals surface area contributed by atoms with Crippen molar-refractivity contribution < 1.29 is 28.7 Å². The number of hydrogen-bond acceptors (Lipinski definition) is 8. The number of carbonyl (C=O) groups is 4. The molecule has 0 saturated carbocycles. The van der Waals surface area contributed by atoms with Gasteiger partial charge in [0.05, 0.1) is 38.1 Å². The van der Waals surface area contributed by atoms with Crippen molar-refractivity contribution in [3.8, 4) is 11.5 Å². The van der Waals surface area contributed by atoms with E-state index >= 15 is 0 Å². The summed E-state index contributed by atoms with van der Waals surface area (Å²) in [5.74, 6) is -1.39. The first kappa shape index (κ1) is 22.7. The minimum Gasteiger partial charge on any atom is -0.497 e. The highest BCUT2D eigenvalue weighted by atomic mass is 16.5. The predicted octanol–water partition coefficient (Wildman–Crippen LogP) is 0.999. The molecular formula is C26H26N4O6. The molecule has 4 amide bonds. The number of methoxy groups -OCH3 is 2. The van der Waals surface area contributed by atoms with E-state index in [1.54, 1.807) is 38.5 Å². The molecular weight excluding hydrogens is 464 g/mol. The molecule has 10 heteroatoms. The first-order chi connectivity index (χ1) is 17.3. The Labute approximate surface area is 207 Å². The van der Waals surface area contributed by atoms with Crippen LogP contribution in [-0.2, 0) is 19.2 Å². The molecule has 2 aromatic carbocycles. The zero-order chi connectivity index (χ0) is 25.5. The number of hydrazine groups is 1. The molecule has 6 atom stereocenters. The number of amides is 4. The van der Waals surface area contributed by atoms with Gasteiger partial charge in [-0.15, -0.1) is 0 Å². The van der Waals surface area contributed by atoms with E-state index in [2.05, 4.69) is 0 Å². The Hall–Kier alpha value is -3.76. The lowest BCUT2D eigenvalue weighted by molar-refractivity contribution is -0.151. The molecule has 4 heterocycles. The molecule has 0 unspecified atom stereocenters. The molecule has 4 aliphatic heterocycles. The Morgan fingerprint density at radius 3 is 1.17 bits per heavy atom. The maximum Gasteiger partial charge on any atom is 0.248 e. The summed E-state index contributed by atoms with van der Waals surface area (Å²) in [6.45, 7) is 0. The van der Waals surface area contributed by atoms with Gasteiger partial charge < -0.3 is 9.47 Å². The van der Waals surface area contributed by atoms with Crippen molar-refractivity contribution in [2.24, 2.45) is 11.8 Å². The van der Waals surface area contributed by atoms with Crippen LogP contribution in [0.25, 0.3) is 0 Å². The van der Waals surface area contributed by atoms with Crippen LogP contribution in [0.15, 0.2) is 48.5 Å². The van der Waals surface area contributed by atoms with E-state index in [0.29, 0.717) is 11.5 Å². The average Bonchev–Trinajstić information content (AvgIpc) is 3.55. The first-order valence-corrected chi connectivity index (χ1v) is 11.8. The number of benzene rings is 2. The van der Waals surface area contributed by atoms with E-state index < -0.39 is 36.0 Å². The summed E-state index contributed by atoms with van der Waals surface area (Å²) in [4.78, 5) is 56.1. The van der Waals surface area contributed by atoms with Crippen LogP contribution in [0.5, 0.6) is 11.5 Å². The lowest BCUT2D eigenvalue weighted by atomic mass is 9.84. The molecule has 36 heavy (non-hydrogen) atoms. The number of likely N-dealkylation sites (N-methyl/N-ethyl adjacent to an activating group) is 2. The summed E-state index contributed by atoms with van der Waals surface area (Å²) >= 11 is 0. The van der Waals surface area contributed by atoms with Crippen LogP contribution in [-0.4, -0.2) is 83.8 Å². The topological polar surface area (TPSA) is 99.7 Å². The maximum atomic E-state index is 13.5. The molecule has 4 fully saturated rings. The Bertz CT molecular complexity index is 1180. The number of imide groups is 2. The molecule has 0 N–H and O–H groups in total. The van der Waals surface area contributed by atoms with Gasteiger partial charge in [-0.25, -0.2) is 10.0 Å². The highest BCUT2D eigenvalue weighted by Gasteiger charge is 2.72. The number of nitrogens with zero attached hydrogens (tertiary/aromatic N) is 4. The van der Waals surface area contributed by atoms with Gasteiger partial charge in [0.15, 0.2) is 0 Å². The minimum absolute atomic E-state index is 0.296. The lowest BCUT2D eigenvalue weighted by Crippen LogP contribution is -2.49. The molecule has 2 aromatic rings. The Morgan fingerprint density at radius 2 is 0.861 bits per heavy atom. The number of carbonyl (C=O) groups excluding carboxylic acids is 4. The highest BCUT2D eigenvalue weighted by Crippen LogP contribution is 2.58. The lowest BCUT2D eigenvalue weighted by Gasteiger charge is -2.35. The largest absolute Gasteiger partial charge is 0.497 e. The van der Waals surface area contributed by atoms with Crippen LogP contribution >= 0.6 is 0 Å². The fraction of sp³-hybridized carbons (Fsp3) is 0.385. The predicted molar refractivity (Wildman–Crippen MR) is 125 cm³/mol. The van der Waals surface area contributed by atoms with Crippen LogP contribution in [0.4, 0.5) is 0 Å². The third kappa shape index (κ3) is 2.79. The minimum atomic E-state index is -0.821. The van der Waals surface area contributed by atoms with Crippen molar-refractivity contribution in [1.82, 2.24) is 19.8 Å². The normalized spacial score (nSPS) is 31.8. The summed E-state index contributed by atoms with van der Waals surface area (Å²) in [6, 6.07) is 11.7. The summed E-state index contributed by atoms with van der Waals surface area (Å²) in [5, 5.41) is 3.67. The molecule has 0 radical (unpaired) electrons. The second kappa shape index (κ2) is 7.87. The van der Waals surface area contributed by atoms with Crippen LogP contribution in [0, 0.1) is 11.8 Å². The average molecular weight is 491 g/mol. The highest BCUT2D eigenvalue weighted by molar-refractivity contribution is 6.10. The van der Waals surface area contributed by atoms with E-state index in [-0.39, 0.29) is 23.6 Å². The van der Waals surface area contributed by atoms with E-state index in [1.165, 1.54) is 14.1 Å². The molecule has 0 aliphatic carbocycles. The fourth-order valence-electron chi connectivity index (χ4n) is 6.38. The Balaban J connectivity index is 1.55. The second-order valence-corrected chi connectivity index (χ2v) is 9.61. The Kier molecular flexibility index (Phi) is 4.96. The molecule has 186 valence electrons. The molecule has 6 rings (SSSR count). The zero-order valence-electron chi connectivity index (χ0n) is 20.3. The quantitative estimate of drug-likeness (QED) is 0.586. The molecule has 0 aromatic heterocycles. The number of ether oxygens (including phenoxy) is 2. The van der Waals surface area contributed by atoms with Gasteiger partial charge in [-0.05, 0) is 35.4 Å². The number of hydrogen-bond donors (Lipinski definition) is 0. The van der Waals surface area contributed by atoms with Crippen LogP contribution < -0.4 is 9.47 Å². The summed E-state index contributed by atoms with van der Waals surface area (Å²) < 4.78 is 10.6. The SMILES string of the molecule is COc1ccc([C@@H]2[C@@H]3C(=O)N(C)C(=O)[C@@H]3N3[C@H](c4ccc(OC)cc4)[C@@H]4C(=O)N(C)C(=O)[C@H]4N23)cc1. The van der Waals surface area contributed by atoms with Gasteiger partial charge in [-0.1, -0.05) is 24.3 Å². The van der Waals surface area contributed by atoms with Crippen LogP contribution in [0.3, 0.4) is 0 Å². The van der Waals surface area contributed by atoms with Gasteiger partial charge in [-0.2, -0.15) is 0 Å². The third-order valence-corrected chi connectivity index (χ3v) is 8.08. The molecule has 10 nitrogen and oxygen atoms in total. The first-order valence-electron chi connectivity index (χ1n) is 11.8. The van der Waals surface area contributed by atoms with Gasteiger partial charge in [-0.3, -0.25) is 29.0 Å². The van der Waals surface area contributed by atoms with Crippen molar-refractivity contribution >= 4 is 23.6 Å². The van der Waals surface area contributed by atoms with Gasteiger partial charge in [0, 0.05) is 14.1 Å². The van der Waals surface area contributed by atoms with Gasteiger partial charge >= 0.3 is 0 Å². The van der Waals surface area contributed by atoms with E-state index in [1.807, 2.05) is 34.3 Å². The standard InChI is InChI=1S/C26H26N4O6/c1-27-23(31)17-19(13-5-9-15(35-3)10-6-13)30-22-18(24(32)28(2)26(22)34)20(29(30)21(17)25(27)33)14-7-11-16(36-4)12-8-14/h5-12,17-22H,1-4H3/t17-,18-,19+,20+,21-,22+/m0/s1. The maximum absolute atomic E-state index is 13.5. The van der Waals surface area contributed by atoms with Gasteiger partial charge in [0.25, 0.3) is 0 Å². The van der Waals surface area contributed by atoms with Crippen molar-refractivity contribution in [3.05, 3.63) is 59.7 Å². The van der Waals surface area contributed by atoms with Gasteiger partial charge in [0.1, 0.15) is 23.6 Å². The molecule has 4 aliphatic rings. The van der Waals surface area contributed by atoms with Crippen molar-refractivity contribution in [2.45, 2.75) is 24.2 Å². The van der Waals surface area contributed by atoms with Crippen LogP contribution in [0.2, 0.25) is 0 Å². The number of likely N-dealkylation sites (tertiary alicyclic amines) is 2. The summed E-state index contributed by atoms with van der Waals surface area (Å²) in [6.07, 6.45) is 0. The smallest absolute Gasteiger partial charge is 0.248 e. The number of fused-ring (bicyclic) bond motifs is 5. The summed E-state index contributed by atoms with van der Waals surface area (Å²) in [7, 11) is 6.11. The van der Waals surface area contributed by atoms with Crippen LogP contribution in [0.1, 0.15) is 23.2 Å². The molecule has 0 spiro atoms. The van der Waals surface area contributed by atoms with E-state index in [4.69, 9.17) is 9.47 Å². The Morgan fingerprint density at radius 1 is 0.528 bits per heavy atom. The molecule has 0 bridgehead atoms. The second-order valence-electron chi connectivity index (χ2n) is 9.61. The van der Waals surface area contributed by atoms with Gasteiger partial charge in [0.2, 0.25) is 23.6 Å². The fourth-order valence-corrected chi connectivity index (χ4v) is 6.38.